The van der Waals surface area contributed by atoms with E-state index in [9.17, 15) is 4.79 Å². The maximum absolute atomic E-state index is 12.9. The van der Waals surface area contributed by atoms with Crippen molar-refractivity contribution in [1.82, 2.24) is 4.90 Å². The molecule has 3 aromatic rings. The number of aromatic amines is 1. The summed E-state index contributed by atoms with van der Waals surface area (Å²) >= 11 is 0. The molecule has 4 rings (SSSR count). The number of piperazine rings is 1. The molecule has 1 saturated heterocycles. The number of H-pyrrole nitrogens is 1. The van der Waals surface area contributed by atoms with Crippen LogP contribution in [0.15, 0.2) is 79.0 Å². The number of para-hydroxylation sites is 1. The minimum atomic E-state index is 0.0465. The zero-order valence-electron chi connectivity index (χ0n) is 15.0. The van der Waals surface area contributed by atoms with E-state index in [1.54, 1.807) is 0 Å². The largest absolute Gasteiger partial charge is 0.457 e. The van der Waals surface area contributed by atoms with Crippen LogP contribution in [0.5, 0.6) is 11.5 Å². The van der Waals surface area contributed by atoms with Crippen LogP contribution in [-0.2, 0) is 0 Å². The van der Waals surface area contributed by atoms with Crippen LogP contribution < -0.4 is 14.6 Å². The van der Waals surface area contributed by atoms with Crippen molar-refractivity contribution in [2.45, 2.75) is 0 Å². The normalized spacial score (nSPS) is 14.1. The molecule has 0 unspecified atom stereocenters. The van der Waals surface area contributed by atoms with Gasteiger partial charge in [0.15, 0.2) is 0 Å². The van der Waals surface area contributed by atoms with E-state index in [0.29, 0.717) is 24.4 Å². The number of benzene rings is 2. The first-order chi connectivity index (χ1) is 13.3. The van der Waals surface area contributed by atoms with Crippen LogP contribution in [0.2, 0.25) is 0 Å². The Balaban J connectivity index is 1.41. The number of ether oxygens (including phenoxy) is 1. The number of carbonyl (C=O) groups excluding carboxylic acids is 1. The maximum Gasteiger partial charge on any atom is 0.274 e. The third-order valence-electron chi connectivity index (χ3n) is 4.66. The van der Waals surface area contributed by atoms with Crippen LogP contribution in [0.3, 0.4) is 0 Å². The van der Waals surface area contributed by atoms with Crippen molar-refractivity contribution in [1.29, 1.82) is 0 Å². The summed E-state index contributed by atoms with van der Waals surface area (Å²) in [5.41, 5.74) is 0.656. The summed E-state index contributed by atoms with van der Waals surface area (Å²) in [7, 11) is 0. The summed E-state index contributed by atoms with van der Waals surface area (Å²) < 4.78 is 5.85. The molecule has 27 heavy (non-hydrogen) atoms. The summed E-state index contributed by atoms with van der Waals surface area (Å²) in [6.07, 6.45) is 1.92. The molecular formula is C22H22N3O2+. The fourth-order valence-electron chi connectivity index (χ4n) is 3.23. The summed E-state index contributed by atoms with van der Waals surface area (Å²) in [6.45, 7) is 3.02. The second-order valence-electron chi connectivity index (χ2n) is 6.47. The molecule has 0 saturated carbocycles. The van der Waals surface area contributed by atoms with Gasteiger partial charge in [0.2, 0.25) is 0 Å². The van der Waals surface area contributed by atoms with Crippen molar-refractivity contribution in [3.63, 3.8) is 0 Å². The van der Waals surface area contributed by atoms with Crippen molar-refractivity contribution in [3.8, 4) is 11.5 Å². The lowest BCUT2D eigenvalue weighted by Gasteiger charge is -2.31. The number of aromatic nitrogens is 1. The smallest absolute Gasteiger partial charge is 0.274 e. The number of hydrogen-bond donors (Lipinski definition) is 0. The van der Waals surface area contributed by atoms with Crippen molar-refractivity contribution in [3.05, 3.63) is 84.6 Å². The van der Waals surface area contributed by atoms with Crippen LogP contribution in [0, 0.1) is 0 Å². The molecule has 1 amide bonds. The molecule has 1 aromatic heterocycles. The van der Waals surface area contributed by atoms with Gasteiger partial charge in [-0.2, -0.15) is 0 Å². The summed E-state index contributed by atoms with van der Waals surface area (Å²) in [5, 5.41) is 0. The van der Waals surface area contributed by atoms with Gasteiger partial charge in [-0.05, 0) is 36.4 Å². The van der Waals surface area contributed by atoms with Gasteiger partial charge in [-0.3, -0.25) is 9.69 Å². The summed E-state index contributed by atoms with van der Waals surface area (Å²) in [4.78, 5) is 20.3. The molecule has 5 heteroatoms. The van der Waals surface area contributed by atoms with Gasteiger partial charge in [0.25, 0.3) is 11.7 Å². The minimum Gasteiger partial charge on any atom is -0.457 e. The third kappa shape index (κ3) is 4.08. The van der Waals surface area contributed by atoms with E-state index in [0.717, 1.165) is 24.7 Å². The van der Waals surface area contributed by atoms with Gasteiger partial charge < -0.3 is 9.64 Å². The second-order valence-corrected chi connectivity index (χ2v) is 6.47. The van der Waals surface area contributed by atoms with Gasteiger partial charge >= 0.3 is 0 Å². The number of hydrogen-bond acceptors (Lipinski definition) is 3. The van der Waals surface area contributed by atoms with E-state index < -0.39 is 0 Å². The van der Waals surface area contributed by atoms with E-state index in [2.05, 4.69) is 16.0 Å². The third-order valence-corrected chi connectivity index (χ3v) is 4.66. The molecule has 1 aliphatic rings. The van der Waals surface area contributed by atoms with E-state index >= 15 is 0 Å². The summed E-state index contributed by atoms with van der Waals surface area (Å²) in [6, 6.07) is 23.0. The molecule has 0 bridgehead atoms. The van der Waals surface area contributed by atoms with Crippen LogP contribution >= 0.6 is 0 Å². The molecule has 0 atom stereocenters. The predicted molar refractivity (Wildman–Crippen MR) is 104 cm³/mol. The lowest BCUT2D eigenvalue weighted by atomic mass is 10.1. The average molecular weight is 360 g/mol. The highest BCUT2D eigenvalue weighted by Gasteiger charge is 2.26. The molecular weight excluding hydrogens is 338 g/mol. The van der Waals surface area contributed by atoms with Gasteiger partial charge in [-0.15, -0.1) is 0 Å². The lowest BCUT2D eigenvalue weighted by Crippen LogP contribution is -2.50. The number of pyridine rings is 1. The second kappa shape index (κ2) is 7.91. The highest BCUT2D eigenvalue weighted by molar-refractivity contribution is 5.94. The minimum absolute atomic E-state index is 0.0465. The Morgan fingerprint density at radius 3 is 2.30 bits per heavy atom. The highest BCUT2D eigenvalue weighted by atomic mass is 16.5. The van der Waals surface area contributed by atoms with Crippen molar-refractivity contribution in [2.24, 2.45) is 0 Å². The van der Waals surface area contributed by atoms with Crippen LogP contribution in [0.1, 0.15) is 10.4 Å². The first kappa shape index (κ1) is 17.1. The van der Waals surface area contributed by atoms with Crippen molar-refractivity contribution >= 4 is 11.7 Å². The van der Waals surface area contributed by atoms with E-state index in [4.69, 9.17) is 4.74 Å². The van der Waals surface area contributed by atoms with Crippen LogP contribution in [-0.4, -0.2) is 37.0 Å². The Kier molecular flexibility index (Phi) is 5.01. The molecule has 2 heterocycles. The molecule has 5 nitrogen and oxygen atoms in total. The topological polar surface area (TPSA) is 46.9 Å². The van der Waals surface area contributed by atoms with Crippen molar-refractivity contribution < 1.29 is 14.5 Å². The molecule has 0 radical (unpaired) electrons. The Bertz CT molecular complexity index is 892. The fourth-order valence-corrected chi connectivity index (χ4v) is 3.23. The Morgan fingerprint density at radius 1 is 0.815 bits per heavy atom. The number of amides is 1. The Hall–Kier alpha value is -3.34. The van der Waals surface area contributed by atoms with Gasteiger partial charge in [-0.25, -0.2) is 4.98 Å². The van der Waals surface area contributed by atoms with E-state index in [1.807, 2.05) is 77.8 Å². The summed E-state index contributed by atoms with van der Waals surface area (Å²) in [5.74, 6) is 2.56. The number of nitrogens with zero attached hydrogens (tertiary/aromatic N) is 2. The molecule has 136 valence electrons. The molecule has 0 spiro atoms. The number of nitrogens with one attached hydrogen (secondary N) is 1. The Labute approximate surface area is 158 Å². The quantitative estimate of drug-likeness (QED) is 0.717. The average Bonchev–Trinajstić information content (AvgIpc) is 2.75. The van der Waals surface area contributed by atoms with Crippen molar-refractivity contribution in [2.75, 3.05) is 31.1 Å². The highest BCUT2D eigenvalue weighted by Crippen LogP contribution is 2.23. The zero-order chi connectivity index (χ0) is 18.5. The first-order valence-electron chi connectivity index (χ1n) is 9.13. The lowest BCUT2D eigenvalue weighted by molar-refractivity contribution is -0.364. The molecule has 1 aliphatic heterocycles. The van der Waals surface area contributed by atoms with E-state index in [1.165, 1.54) is 0 Å². The SMILES string of the molecule is O=C(c1cccc(Oc2ccccc2)c1)N1CCN(c2cccc[nH+]2)CC1. The zero-order valence-corrected chi connectivity index (χ0v) is 15.0. The molecule has 1 fully saturated rings. The monoisotopic (exact) mass is 360 g/mol. The molecule has 1 N–H and O–H groups in total. The number of carbonyl (C=O) groups is 1. The van der Waals surface area contributed by atoms with Gasteiger partial charge in [0.05, 0.1) is 19.3 Å². The Morgan fingerprint density at radius 2 is 1.56 bits per heavy atom. The van der Waals surface area contributed by atoms with Crippen LogP contribution in [0.4, 0.5) is 5.82 Å². The molecule has 2 aromatic carbocycles. The standard InChI is InChI=1S/C22H21N3O2/c26-22(25-15-13-24(14-16-25)21-11-4-5-12-23-21)18-7-6-10-20(17-18)27-19-8-2-1-3-9-19/h1-12,17H,13-16H2/p+1. The first-order valence-corrected chi connectivity index (χ1v) is 9.13. The predicted octanol–water partition coefficient (Wildman–Crippen LogP) is 3.26. The van der Waals surface area contributed by atoms with Gasteiger partial charge in [-0.1, -0.05) is 30.3 Å². The van der Waals surface area contributed by atoms with Gasteiger partial charge in [0.1, 0.15) is 24.6 Å². The number of rotatable bonds is 4. The number of anilines is 1. The van der Waals surface area contributed by atoms with Crippen LogP contribution in [0.25, 0.3) is 0 Å². The van der Waals surface area contributed by atoms with E-state index in [-0.39, 0.29) is 5.91 Å². The fraction of sp³-hybridized carbons (Fsp3) is 0.182. The molecule has 0 aliphatic carbocycles. The maximum atomic E-state index is 12.9. The van der Waals surface area contributed by atoms with Gasteiger partial charge in [0, 0.05) is 11.6 Å².